The second-order valence-corrected chi connectivity index (χ2v) is 7.14. The van der Waals surface area contributed by atoms with E-state index in [9.17, 15) is 18.4 Å². The van der Waals surface area contributed by atoms with Crippen LogP contribution in [0.15, 0.2) is 53.9 Å². The number of nitrogens with one attached hydrogen (secondary N) is 2. The van der Waals surface area contributed by atoms with Crippen molar-refractivity contribution in [3.8, 4) is 17.0 Å². The van der Waals surface area contributed by atoms with Crippen molar-refractivity contribution in [1.29, 1.82) is 0 Å². The summed E-state index contributed by atoms with van der Waals surface area (Å²) in [4.78, 5) is 28.6. The number of aromatic nitrogens is 1. The van der Waals surface area contributed by atoms with E-state index >= 15 is 0 Å². The van der Waals surface area contributed by atoms with Crippen LogP contribution < -0.4 is 15.4 Å². The lowest BCUT2D eigenvalue weighted by molar-refractivity contribution is -0.116. The van der Waals surface area contributed by atoms with E-state index < -0.39 is 6.61 Å². The number of hydrogen-bond donors (Lipinski definition) is 2. The third-order valence-corrected chi connectivity index (χ3v) is 4.91. The molecule has 6 nitrogen and oxygen atoms in total. The summed E-state index contributed by atoms with van der Waals surface area (Å²) in [5.74, 6) is -0.555. The lowest BCUT2D eigenvalue weighted by Gasteiger charge is -2.08. The monoisotopic (exact) mass is 431 g/mol. The average Bonchev–Trinajstić information content (AvgIpc) is 3.16. The van der Waals surface area contributed by atoms with Gasteiger partial charge in [0.15, 0.2) is 5.13 Å². The number of anilines is 1. The van der Waals surface area contributed by atoms with Crippen LogP contribution >= 0.6 is 11.3 Å². The first-order chi connectivity index (χ1) is 14.4. The van der Waals surface area contributed by atoms with E-state index in [0.29, 0.717) is 22.0 Å². The van der Waals surface area contributed by atoms with Gasteiger partial charge in [0.2, 0.25) is 5.91 Å². The molecular formula is C21H19F2N3O3S. The maximum atomic E-state index is 12.6. The second-order valence-electron chi connectivity index (χ2n) is 6.28. The van der Waals surface area contributed by atoms with Crippen molar-refractivity contribution >= 4 is 28.3 Å². The fraction of sp³-hybridized carbons (Fsp3) is 0.190. The molecule has 9 heteroatoms. The molecule has 1 heterocycles. The molecule has 0 aliphatic rings. The van der Waals surface area contributed by atoms with Gasteiger partial charge in [0.1, 0.15) is 5.75 Å². The summed E-state index contributed by atoms with van der Waals surface area (Å²) in [5, 5.41) is 7.32. The van der Waals surface area contributed by atoms with Crippen molar-refractivity contribution in [3.05, 3.63) is 65.0 Å². The molecular weight excluding hydrogens is 412 g/mol. The highest BCUT2D eigenvalue weighted by Crippen LogP contribution is 2.33. The molecule has 2 amide bonds. The molecule has 0 aliphatic carbocycles. The number of carbonyl (C=O) groups is 2. The van der Waals surface area contributed by atoms with Gasteiger partial charge >= 0.3 is 6.61 Å². The number of thiazole rings is 1. The Morgan fingerprint density at radius 1 is 1.13 bits per heavy atom. The van der Waals surface area contributed by atoms with E-state index in [0.717, 1.165) is 5.56 Å². The minimum Gasteiger partial charge on any atom is -0.434 e. The summed E-state index contributed by atoms with van der Waals surface area (Å²) in [5.41, 5.74) is 2.23. The Hall–Kier alpha value is -3.33. The quantitative estimate of drug-likeness (QED) is 0.551. The van der Waals surface area contributed by atoms with E-state index in [-0.39, 0.29) is 30.5 Å². The van der Waals surface area contributed by atoms with Crippen molar-refractivity contribution in [2.24, 2.45) is 0 Å². The number of rotatable bonds is 8. The third-order valence-electron chi connectivity index (χ3n) is 4.16. The highest BCUT2D eigenvalue weighted by Gasteiger charge is 2.15. The minimum atomic E-state index is -2.95. The molecule has 0 aliphatic heterocycles. The Kier molecular flexibility index (Phi) is 7.08. The second kappa shape index (κ2) is 9.93. The Bertz CT molecular complexity index is 1040. The van der Waals surface area contributed by atoms with E-state index in [1.807, 2.05) is 19.1 Å². The first-order valence-electron chi connectivity index (χ1n) is 9.07. The lowest BCUT2D eigenvalue weighted by atomic mass is 10.1. The van der Waals surface area contributed by atoms with E-state index in [1.165, 1.54) is 17.4 Å². The first-order valence-corrected chi connectivity index (χ1v) is 9.95. The number of para-hydroxylation sites is 1. The van der Waals surface area contributed by atoms with Gasteiger partial charge in [-0.1, -0.05) is 30.3 Å². The Labute approximate surface area is 175 Å². The largest absolute Gasteiger partial charge is 0.434 e. The van der Waals surface area contributed by atoms with Crippen LogP contribution in [0.5, 0.6) is 5.75 Å². The van der Waals surface area contributed by atoms with Gasteiger partial charge in [-0.2, -0.15) is 8.78 Å². The van der Waals surface area contributed by atoms with Crippen molar-refractivity contribution in [2.75, 3.05) is 11.9 Å². The summed E-state index contributed by atoms with van der Waals surface area (Å²) in [6.45, 7) is -0.937. The zero-order valence-electron chi connectivity index (χ0n) is 16.0. The zero-order chi connectivity index (χ0) is 21.5. The summed E-state index contributed by atoms with van der Waals surface area (Å²) >= 11 is 1.17. The molecule has 3 rings (SSSR count). The summed E-state index contributed by atoms with van der Waals surface area (Å²) in [7, 11) is 0. The summed E-state index contributed by atoms with van der Waals surface area (Å²) in [6.07, 6.45) is 0.0671. The van der Waals surface area contributed by atoms with E-state index in [4.69, 9.17) is 0 Å². The van der Waals surface area contributed by atoms with Crippen molar-refractivity contribution in [3.63, 3.8) is 0 Å². The normalized spacial score (nSPS) is 10.7. The number of hydrogen-bond acceptors (Lipinski definition) is 5. The molecule has 3 aromatic rings. The van der Waals surface area contributed by atoms with Crippen molar-refractivity contribution < 1.29 is 23.1 Å². The molecule has 0 bridgehead atoms. The van der Waals surface area contributed by atoms with Crippen LogP contribution in [0.25, 0.3) is 11.3 Å². The predicted molar refractivity (Wildman–Crippen MR) is 111 cm³/mol. The predicted octanol–water partition coefficient (Wildman–Crippen LogP) is 4.48. The SMILES string of the molecule is Cc1ccccc1C(=O)NCCC(=O)Nc1nc(-c2ccccc2OC(F)F)cs1. The van der Waals surface area contributed by atoms with Crippen LogP contribution in [0.4, 0.5) is 13.9 Å². The molecule has 0 saturated heterocycles. The summed E-state index contributed by atoms with van der Waals surface area (Å²) < 4.78 is 29.7. The molecule has 2 N–H and O–H groups in total. The number of ether oxygens (including phenoxy) is 1. The number of nitrogens with zero attached hydrogens (tertiary/aromatic N) is 1. The highest BCUT2D eigenvalue weighted by molar-refractivity contribution is 7.14. The van der Waals surface area contributed by atoms with Gasteiger partial charge in [0.05, 0.1) is 5.69 Å². The van der Waals surface area contributed by atoms with Crippen LogP contribution in [-0.2, 0) is 4.79 Å². The van der Waals surface area contributed by atoms with Crippen LogP contribution in [-0.4, -0.2) is 30.0 Å². The zero-order valence-corrected chi connectivity index (χ0v) is 16.8. The molecule has 0 fully saturated rings. The van der Waals surface area contributed by atoms with Gasteiger partial charge < -0.3 is 15.4 Å². The Balaban J connectivity index is 1.54. The van der Waals surface area contributed by atoms with E-state index in [1.54, 1.807) is 35.7 Å². The number of amides is 2. The van der Waals surface area contributed by atoms with Gasteiger partial charge in [0, 0.05) is 29.5 Å². The van der Waals surface area contributed by atoms with Crippen LogP contribution in [0, 0.1) is 6.92 Å². The Morgan fingerprint density at radius 3 is 2.63 bits per heavy atom. The maximum absolute atomic E-state index is 12.6. The topological polar surface area (TPSA) is 80.3 Å². The maximum Gasteiger partial charge on any atom is 0.387 e. The number of halogens is 2. The van der Waals surface area contributed by atoms with Gasteiger partial charge in [-0.25, -0.2) is 4.98 Å². The smallest absolute Gasteiger partial charge is 0.387 e. The number of aryl methyl sites for hydroxylation is 1. The molecule has 0 saturated carbocycles. The Morgan fingerprint density at radius 2 is 1.87 bits per heavy atom. The molecule has 0 unspecified atom stereocenters. The lowest BCUT2D eigenvalue weighted by Crippen LogP contribution is -2.28. The van der Waals surface area contributed by atoms with Gasteiger partial charge in [-0.3, -0.25) is 9.59 Å². The van der Waals surface area contributed by atoms with Gasteiger partial charge in [-0.15, -0.1) is 11.3 Å². The number of carbonyl (C=O) groups excluding carboxylic acids is 2. The highest BCUT2D eigenvalue weighted by atomic mass is 32.1. The average molecular weight is 431 g/mol. The van der Waals surface area contributed by atoms with Gasteiger partial charge in [0.25, 0.3) is 5.91 Å². The molecule has 0 atom stereocenters. The minimum absolute atomic E-state index is 0.00888. The molecule has 1 aromatic heterocycles. The van der Waals surface area contributed by atoms with Gasteiger partial charge in [-0.05, 0) is 30.7 Å². The number of alkyl halides is 2. The van der Waals surface area contributed by atoms with Crippen LogP contribution in [0.3, 0.4) is 0 Å². The molecule has 0 radical (unpaired) electrons. The molecule has 156 valence electrons. The summed E-state index contributed by atoms with van der Waals surface area (Å²) in [6, 6.07) is 13.5. The van der Waals surface area contributed by atoms with E-state index in [2.05, 4.69) is 20.4 Å². The first kappa shape index (κ1) is 21.4. The fourth-order valence-electron chi connectivity index (χ4n) is 2.73. The third kappa shape index (κ3) is 5.60. The molecule has 30 heavy (non-hydrogen) atoms. The molecule has 0 spiro atoms. The van der Waals surface area contributed by atoms with Crippen LogP contribution in [0.2, 0.25) is 0 Å². The number of benzene rings is 2. The van der Waals surface area contributed by atoms with Crippen molar-refractivity contribution in [2.45, 2.75) is 20.0 Å². The van der Waals surface area contributed by atoms with Crippen molar-refractivity contribution in [1.82, 2.24) is 10.3 Å². The standard InChI is InChI=1S/C21H19F2N3O3S/c1-13-6-2-3-7-14(13)19(28)24-11-10-18(27)26-21-25-16(12-30-21)15-8-4-5-9-17(15)29-20(22)23/h2-9,12,20H,10-11H2,1H3,(H,24,28)(H,25,26,27). The molecule has 2 aromatic carbocycles. The fourth-order valence-corrected chi connectivity index (χ4v) is 3.45. The van der Waals surface area contributed by atoms with Crippen LogP contribution in [0.1, 0.15) is 22.3 Å².